The van der Waals surface area contributed by atoms with Crippen molar-refractivity contribution in [3.8, 4) is 0 Å². The van der Waals surface area contributed by atoms with E-state index in [2.05, 4.69) is 15.3 Å². The van der Waals surface area contributed by atoms with Crippen LogP contribution < -0.4 is 11.1 Å². The minimum absolute atomic E-state index is 0.197. The second kappa shape index (κ2) is 5.65. The fraction of sp³-hybridized carbons (Fsp3) is 0.636. The van der Waals surface area contributed by atoms with Crippen LogP contribution in [-0.2, 0) is 11.2 Å². The quantitative estimate of drug-likeness (QED) is 0.790. The number of anilines is 2. The molecule has 0 spiro atoms. The minimum atomic E-state index is 0.197. The first kappa shape index (κ1) is 12.7. The van der Waals surface area contributed by atoms with Gasteiger partial charge in [-0.1, -0.05) is 6.92 Å². The second-order valence-corrected chi connectivity index (χ2v) is 3.85. The van der Waals surface area contributed by atoms with E-state index in [1.54, 1.807) is 7.11 Å². The predicted octanol–water partition coefficient (Wildman–Crippen LogP) is 1.38. The Morgan fingerprint density at radius 2 is 2.12 bits per heavy atom. The molecule has 5 heteroatoms. The molecule has 0 fully saturated rings. The number of aromatic nitrogens is 2. The van der Waals surface area contributed by atoms with Gasteiger partial charge in [0.05, 0.1) is 6.61 Å². The Bertz CT molecular complexity index is 354. The molecule has 0 aromatic carbocycles. The summed E-state index contributed by atoms with van der Waals surface area (Å²) in [5.41, 5.74) is 6.71. The van der Waals surface area contributed by atoms with Gasteiger partial charge in [-0.15, -0.1) is 0 Å². The van der Waals surface area contributed by atoms with Crippen molar-refractivity contribution in [1.29, 1.82) is 0 Å². The summed E-state index contributed by atoms with van der Waals surface area (Å²) in [5.74, 6) is 2.10. The molecule has 0 saturated carbocycles. The number of hydrogen-bond donors (Lipinski definition) is 2. The van der Waals surface area contributed by atoms with E-state index in [9.17, 15) is 0 Å². The van der Waals surface area contributed by atoms with Crippen molar-refractivity contribution in [2.24, 2.45) is 0 Å². The Morgan fingerprint density at radius 3 is 2.69 bits per heavy atom. The van der Waals surface area contributed by atoms with Gasteiger partial charge in [-0.25, -0.2) is 9.97 Å². The van der Waals surface area contributed by atoms with Crippen molar-refractivity contribution in [2.75, 3.05) is 24.8 Å². The summed E-state index contributed by atoms with van der Waals surface area (Å²) in [6, 6.07) is 0.197. The highest BCUT2D eigenvalue weighted by Gasteiger charge is 2.10. The molecule has 1 rings (SSSR count). The Balaban J connectivity index is 2.89. The number of nitrogens with zero attached hydrogens (tertiary/aromatic N) is 2. The van der Waals surface area contributed by atoms with E-state index >= 15 is 0 Å². The maximum absolute atomic E-state index is 5.82. The highest BCUT2D eigenvalue weighted by atomic mass is 16.5. The van der Waals surface area contributed by atoms with Gasteiger partial charge in [0.2, 0.25) is 0 Å². The van der Waals surface area contributed by atoms with Crippen molar-refractivity contribution < 1.29 is 4.74 Å². The normalized spacial score (nSPS) is 12.5. The molecule has 1 unspecified atom stereocenters. The van der Waals surface area contributed by atoms with Crippen molar-refractivity contribution >= 4 is 11.6 Å². The number of aryl methyl sites for hydroxylation is 1. The van der Waals surface area contributed by atoms with E-state index < -0.39 is 0 Å². The number of methoxy groups -OCH3 is 1. The van der Waals surface area contributed by atoms with Gasteiger partial charge in [-0.2, -0.15) is 0 Å². The van der Waals surface area contributed by atoms with E-state index in [-0.39, 0.29) is 6.04 Å². The van der Waals surface area contributed by atoms with Crippen LogP contribution in [-0.4, -0.2) is 29.7 Å². The van der Waals surface area contributed by atoms with Gasteiger partial charge >= 0.3 is 0 Å². The summed E-state index contributed by atoms with van der Waals surface area (Å²) in [7, 11) is 1.68. The molecule has 5 nitrogen and oxygen atoms in total. The molecule has 3 N–H and O–H groups in total. The first-order valence-corrected chi connectivity index (χ1v) is 5.46. The van der Waals surface area contributed by atoms with Crippen LogP contribution in [0.15, 0.2) is 0 Å². The zero-order valence-electron chi connectivity index (χ0n) is 10.4. The number of hydrogen-bond acceptors (Lipinski definition) is 5. The van der Waals surface area contributed by atoms with Crippen LogP contribution >= 0.6 is 0 Å². The van der Waals surface area contributed by atoms with Crippen LogP contribution in [0.3, 0.4) is 0 Å². The molecule has 0 bridgehead atoms. The van der Waals surface area contributed by atoms with Gasteiger partial charge in [0, 0.05) is 25.1 Å². The van der Waals surface area contributed by atoms with Gasteiger partial charge in [-0.3, -0.25) is 0 Å². The molecule has 0 aliphatic rings. The van der Waals surface area contributed by atoms with Crippen LogP contribution in [0.2, 0.25) is 0 Å². The van der Waals surface area contributed by atoms with Gasteiger partial charge in [0.15, 0.2) is 0 Å². The Labute approximate surface area is 96.4 Å². The zero-order chi connectivity index (χ0) is 12.1. The molecular weight excluding hydrogens is 204 g/mol. The third kappa shape index (κ3) is 3.06. The fourth-order valence-electron chi connectivity index (χ4n) is 1.41. The van der Waals surface area contributed by atoms with E-state index in [1.165, 1.54) is 0 Å². The lowest BCUT2D eigenvalue weighted by Gasteiger charge is -2.16. The molecule has 1 heterocycles. The summed E-state index contributed by atoms with van der Waals surface area (Å²) in [4.78, 5) is 8.62. The summed E-state index contributed by atoms with van der Waals surface area (Å²) in [5, 5.41) is 3.27. The molecule has 0 aliphatic carbocycles. The van der Waals surface area contributed by atoms with Gasteiger partial charge in [0.1, 0.15) is 17.5 Å². The van der Waals surface area contributed by atoms with Crippen LogP contribution in [0.1, 0.15) is 25.2 Å². The molecular formula is C11H20N4O. The van der Waals surface area contributed by atoms with Crippen LogP contribution in [0.4, 0.5) is 11.6 Å². The maximum Gasteiger partial charge on any atom is 0.135 e. The number of nitrogen functional groups attached to an aromatic ring is 1. The van der Waals surface area contributed by atoms with E-state index in [0.717, 1.165) is 23.6 Å². The highest BCUT2D eigenvalue weighted by Crippen LogP contribution is 2.18. The Kier molecular flexibility index (Phi) is 4.49. The number of rotatable bonds is 5. The van der Waals surface area contributed by atoms with Gasteiger partial charge in [-0.05, 0) is 13.8 Å². The standard InChI is InChI=1S/C11H20N4O/c1-5-9-14-10(12)8(3)11(15-9)13-7(2)6-16-4/h7H,5-6H2,1-4H3,(H3,12,13,14,15). The zero-order valence-corrected chi connectivity index (χ0v) is 10.4. The highest BCUT2D eigenvalue weighted by molar-refractivity contribution is 5.55. The largest absolute Gasteiger partial charge is 0.383 e. The maximum atomic E-state index is 5.82. The van der Waals surface area contributed by atoms with Gasteiger partial charge in [0.25, 0.3) is 0 Å². The number of ether oxygens (including phenoxy) is 1. The number of nitrogens with two attached hydrogens (primary N) is 1. The third-order valence-electron chi connectivity index (χ3n) is 2.35. The molecule has 0 radical (unpaired) electrons. The first-order chi connectivity index (χ1) is 7.58. The molecule has 0 amide bonds. The topological polar surface area (TPSA) is 73.1 Å². The average molecular weight is 224 g/mol. The Hall–Kier alpha value is -1.36. The molecule has 90 valence electrons. The lowest BCUT2D eigenvalue weighted by Crippen LogP contribution is -2.23. The summed E-state index contributed by atoms with van der Waals surface area (Å²) < 4.78 is 5.07. The molecule has 1 aromatic rings. The lowest BCUT2D eigenvalue weighted by atomic mass is 10.2. The van der Waals surface area contributed by atoms with Crippen molar-refractivity contribution in [3.05, 3.63) is 11.4 Å². The molecule has 1 atom stereocenters. The second-order valence-electron chi connectivity index (χ2n) is 3.85. The Morgan fingerprint density at radius 1 is 1.44 bits per heavy atom. The average Bonchev–Trinajstić information content (AvgIpc) is 2.24. The summed E-state index contributed by atoms with van der Waals surface area (Å²) >= 11 is 0. The third-order valence-corrected chi connectivity index (χ3v) is 2.35. The van der Waals surface area contributed by atoms with Gasteiger partial charge < -0.3 is 15.8 Å². The van der Waals surface area contributed by atoms with E-state index in [4.69, 9.17) is 10.5 Å². The lowest BCUT2D eigenvalue weighted by molar-refractivity contribution is 0.190. The van der Waals surface area contributed by atoms with Crippen LogP contribution in [0.5, 0.6) is 0 Å². The van der Waals surface area contributed by atoms with Crippen molar-refractivity contribution in [3.63, 3.8) is 0 Å². The van der Waals surface area contributed by atoms with Crippen molar-refractivity contribution in [2.45, 2.75) is 33.2 Å². The van der Waals surface area contributed by atoms with E-state index in [1.807, 2.05) is 20.8 Å². The first-order valence-electron chi connectivity index (χ1n) is 5.46. The van der Waals surface area contributed by atoms with E-state index in [0.29, 0.717) is 12.4 Å². The van der Waals surface area contributed by atoms with Crippen LogP contribution in [0.25, 0.3) is 0 Å². The molecule has 1 aromatic heterocycles. The fourth-order valence-corrected chi connectivity index (χ4v) is 1.41. The monoisotopic (exact) mass is 224 g/mol. The smallest absolute Gasteiger partial charge is 0.135 e. The summed E-state index contributed by atoms with van der Waals surface area (Å²) in [6.45, 7) is 6.58. The number of nitrogens with one attached hydrogen (secondary N) is 1. The molecule has 0 saturated heterocycles. The molecule has 0 aliphatic heterocycles. The predicted molar refractivity (Wildman–Crippen MR) is 65.5 cm³/mol. The molecule has 16 heavy (non-hydrogen) atoms. The SMILES string of the molecule is CCc1nc(N)c(C)c(NC(C)COC)n1. The van der Waals surface area contributed by atoms with Crippen LogP contribution in [0, 0.1) is 6.92 Å². The van der Waals surface area contributed by atoms with Crippen molar-refractivity contribution in [1.82, 2.24) is 9.97 Å². The summed E-state index contributed by atoms with van der Waals surface area (Å²) in [6.07, 6.45) is 0.776. The minimum Gasteiger partial charge on any atom is -0.383 e.